The van der Waals surface area contributed by atoms with Crippen molar-refractivity contribution in [1.82, 2.24) is 10.2 Å². The highest BCUT2D eigenvalue weighted by Crippen LogP contribution is 2.23. The topological polar surface area (TPSA) is 60.0 Å². The third-order valence-electron chi connectivity index (χ3n) is 4.28. The summed E-state index contributed by atoms with van der Waals surface area (Å²) in [6, 6.07) is 6.53. The minimum absolute atomic E-state index is 0.0276. The highest BCUT2D eigenvalue weighted by atomic mass is 19.3. The van der Waals surface area contributed by atoms with Gasteiger partial charge in [0.05, 0.1) is 31.5 Å². The molecule has 0 radical (unpaired) electrons. The van der Waals surface area contributed by atoms with Crippen molar-refractivity contribution in [2.45, 2.75) is 38.3 Å². The zero-order valence-corrected chi connectivity index (χ0v) is 14.0. The van der Waals surface area contributed by atoms with Crippen molar-refractivity contribution < 1.29 is 27.8 Å². The van der Waals surface area contributed by atoms with Gasteiger partial charge in [-0.2, -0.15) is 8.78 Å². The molecule has 1 N–H and O–H groups in total. The first-order chi connectivity index (χ1) is 12.0. The fourth-order valence-corrected chi connectivity index (χ4v) is 3.20. The fraction of sp³-hybridized carbons (Fsp3) is 0.588. The van der Waals surface area contributed by atoms with Crippen LogP contribution in [0.4, 0.5) is 8.78 Å². The van der Waals surface area contributed by atoms with Gasteiger partial charge in [0.25, 0.3) is 0 Å². The Morgan fingerprint density at radius 1 is 1.24 bits per heavy atom. The van der Waals surface area contributed by atoms with Crippen LogP contribution in [-0.2, 0) is 20.8 Å². The zero-order chi connectivity index (χ0) is 17.8. The number of hydrogen-bond acceptors (Lipinski definition) is 5. The van der Waals surface area contributed by atoms with E-state index in [4.69, 9.17) is 9.47 Å². The predicted molar refractivity (Wildman–Crippen MR) is 85.4 cm³/mol. The molecule has 2 aliphatic heterocycles. The second-order valence-electron chi connectivity index (χ2n) is 6.36. The number of fused-ring (bicyclic) bond motifs is 1. The predicted octanol–water partition coefficient (Wildman–Crippen LogP) is 1.39. The van der Waals surface area contributed by atoms with Gasteiger partial charge >= 0.3 is 6.61 Å². The third-order valence-corrected chi connectivity index (χ3v) is 4.28. The van der Waals surface area contributed by atoms with Crippen LogP contribution in [0.25, 0.3) is 0 Å². The van der Waals surface area contributed by atoms with Gasteiger partial charge in [-0.15, -0.1) is 0 Å². The molecule has 8 heteroatoms. The van der Waals surface area contributed by atoms with Crippen LogP contribution in [0.15, 0.2) is 24.3 Å². The molecule has 0 aliphatic carbocycles. The number of alkyl halides is 2. The maximum atomic E-state index is 12.2. The molecule has 1 aromatic rings. The van der Waals surface area contributed by atoms with Crippen molar-refractivity contribution in [1.29, 1.82) is 0 Å². The van der Waals surface area contributed by atoms with E-state index in [1.165, 1.54) is 6.92 Å². The van der Waals surface area contributed by atoms with Crippen molar-refractivity contribution in [2.24, 2.45) is 0 Å². The smallest absolute Gasteiger partial charge is 0.387 e. The van der Waals surface area contributed by atoms with Gasteiger partial charge in [0.2, 0.25) is 5.91 Å². The molecule has 2 saturated heterocycles. The minimum Gasteiger partial charge on any atom is -0.435 e. The number of nitrogens with one attached hydrogen (secondary N) is 1. The summed E-state index contributed by atoms with van der Waals surface area (Å²) in [7, 11) is 0. The largest absolute Gasteiger partial charge is 0.435 e. The first-order valence-electron chi connectivity index (χ1n) is 8.26. The van der Waals surface area contributed by atoms with E-state index in [1.807, 2.05) is 0 Å². The number of amides is 1. The number of ether oxygens (including phenoxy) is 3. The highest BCUT2D eigenvalue weighted by Gasteiger charge is 2.37. The van der Waals surface area contributed by atoms with E-state index in [9.17, 15) is 13.6 Å². The molecule has 1 aromatic carbocycles. The molecular weight excluding hydrogens is 334 g/mol. The molecule has 6 nitrogen and oxygen atoms in total. The number of hydrogen-bond donors (Lipinski definition) is 1. The lowest BCUT2D eigenvalue weighted by Gasteiger charge is -2.18. The lowest BCUT2D eigenvalue weighted by Crippen LogP contribution is -2.40. The van der Waals surface area contributed by atoms with E-state index in [1.54, 1.807) is 24.3 Å². The van der Waals surface area contributed by atoms with Crippen molar-refractivity contribution in [3.05, 3.63) is 29.8 Å². The Balaban J connectivity index is 1.50. The van der Waals surface area contributed by atoms with Gasteiger partial charge in [-0.05, 0) is 17.7 Å². The van der Waals surface area contributed by atoms with Crippen LogP contribution >= 0.6 is 0 Å². The van der Waals surface area contributed by atoms with Gasteiger partial charge in [0, 0.05) is 26.6 Å². The number of halogens is 2. The number of rotatable bonds is 5. The molecule has 0 bridgehead atoms. The van der Waals surface area contributed by atoms with Crippen LogP contribution in [0.5, 0.6) is 5.75 Å². The molecule has 2 fully saturated rings. The van der Waals surface area contributed by atoms with E-state index in [-0.39, 0.29) is 29.9 Å². The minimum atomic E-state index is -2.81. The fourth-order valence-electron chi connectivity index (χ4n) is 3.20. The molecule has 1 amide bonds. The van der Waals surface area contributed by atoms with Gasteiger partial charge in [-0.3, -0.25) is 9.69 Å². The van der Waals surface area contributed by atoms with Crippen molar-refractivity contribution in [3.8, 4) is 5.75 Å². The van der Waals surface area contributed by atoms with Crippen molar-refractivity contribution >= 4 is 5.91 Å². The van der Waals surface area contributed by atoms with E-state index >= 15 is 0 Å². The Kier molecular flexibility index (Phi) is 5.82. The van der Waals surface area contributed by atoms with Gasteiger partial charge in [0.15, 0.2) is 0 Å². The van der Waals surface area contributed by atoms with E-state index in [0.29, 0.717) is 19.8 Å². The highest BCUT2D eigenvalue weighted by molar-refractivity contribution is 5.73. The van der Waals surface area contributed by atoms with Gasteiger partial charge in [-0.1, -0.05) is 12.1 Å². The van der Waals surface area contributed by atoms with Gasteiger partial charge in [0.1, 0.15) is 5.75 Å². The summed E-state index contributed by atoms with van der Waals surface area (Å²) in [5.74, 6) is 0.0613. The molecule has 0 saturated carbocycles. The molecular formula is C17H22F2N2O4. The SMILES string of the molecule is CC(=O)NC1CO[C@H]2CN(Cc3ccc(OC(F)F)cc3)C[C@@H]2OC1. The van der Waals surface area contributed by atoms with E-state index < -0.39 is 6.61 Å². The summed E-state index contributed by atoms with van der Waals surface area (Å²) in [6.07, 6.45) is -0.0552. The molecule has 25 heavy (non-hydrogen) atoms. The van der Waals surface area contributed by atoms with Crippen molar-refractivity contribution in [3.63, 3.8) is 0 Å². The Morgan fingerprint density at radius 3 is 2.36 bits per heavy atom. The molecule has 3 rings (SSSR count). The van der Waals surface area contributed by atoms with Crippen molar-refractivity contribution in [2.75, 3.05) is 26.3 Å². The first kappa shape index (κ1) is 18.0. The Hall–Kier alpha value is -1.77. The van der Waals surface area contributed by atoms with E-state index in [0.717, 1.165) is 18.7 Å². The maximum Gasteiger partial charge on any atom is 0.387 e. The second-order valence-corrected chi connectivity index (χ2v) is 6.36. The van der Waals surface area contributed by atoms with Crippen LogP contribution in [0.1, 0.15) is 12.5 Å². The summed E-state index contributed by atoms with van der Waals surface area (Å²) in [5, 5.41) is 2.81. The number of carbonyl (C=O) groups excluding carboxylic acids is 1. The maximum absolute atomic E-state index is 12.2. The lowest BCUT2D eigenvalue weighted by atomic mass is 10.2. The summed E-state index contributed by atoms with van der Waals surface area (Å²) in [4.78, 5) is 13.3. The van der Waals surface area contributed by atoms with Gasteiger partial charge < -0.3 is 19.5 Å². The summed E-state index contributed by atoms with van der Waals surface area (Å²) in [6.45, 7) is 1.68. The third kappa shape index (κ3) is 5.10. The Bertz CT molecular complexity index is 569. The average Bonchev–Trinajstić information content (AvgIpc) is 2.84. The first-order valence-corrected chi connectivity index (χ1v) is 8.26. The standard InChI is InChI=1S/C17H22F2N2O4/c1-11(22)20-13-9-23-15-7-21(8-16(15)24-10-13)6-12-2-4-14(5-3-12)25-17(18)19/h2-5,13,15-17H,6-10H2,1H3,(H,20,22)/t15-,16-/m0/s1. The van der Waals surface area contributed by atoms with E-state index in [2.05, 4.69) is 15.0 Å². The lowest BCUT2D eigenvalue weighted by molar-refractivity contribution is -0.120. The van der Waals surface area contributed by atoms with Crippen LogP contribution in [0.2, 0.25) is 0 Å². The molecule has 0 spiro atoms. The monoisotopic (exact) mass is 356 g/mol. The molecule has 0 unspecified atom stereocenters. The average molecular weight is 356 g/mol. The summed E-state index contributed by atoms with van der Waals surface area (Å²) in [5.41, 5.74) is 1.01. The Morgan fingerprint density at radius 2 is 1.84 bits per heavy atom. The second kappa shape index (κ2) is 8.07. The van der Waals surface area contributed by atoms with Crippen LogP contribution in [0, 0.1) is 0 Å². The number of nitrogens with zero attached hydrogens (tertiary/aromatic N) is 1. The van der Waals surface area contributed by atoms with Crippen LogP contribution < -0.4 is 10.1 Å². The number of likely N-dealkylation sites (tertiary alicyclic amines) is 1. The molecule has 2 heterocycles. The number of carbonyl (C=O) groups is 1. The normalized spacial score (nSPS) is 24.8. The summed E-state index contributed by atoms with van der Waals surface area (Å²) >= 11 is 0. The quantitative estimate of drug-likeness (QED) is 0.864. The van der Waals surface area contributed by atoms with Crippen LogP contribution in [0.3, 0.4) is 0 Å². The molecule has 0 aromatic heterocycles. The zero-order valence-electron chi connectivity index (χ0n) is 14.0. The molecule has 2 aliphatic rings. The molecule has 2 atom stereocenters. The van der Waals surface area contributed by atoms with Crippen LogP contribution in [-0.4, -0.2) is 62.0 Å². The Labute approximate surface area is 145 Å². The summed E-state index contributed by atoms with van der Waals surface area (Å²) < 4.78 is 40.5. The van der Waals surface area contributed by atoms with Gasteiger partial charge in [-0.25, -0.2) is 0 Å². The number of benzene rings is 1. The molecule has 138 valence electrons.